The average molecular weight is 1070 g/mol. The van der Waals surface area contributed by atoms with Gasteiger partial charge in [-0.3, -0.25) is 0 Å². The summed E-state index contributed by atoms with van der Waals surface area (Å²) in [5.74, 6) is 0. The number of thiazole rings is 4. The van der Waals surface area contributed by atoms with Crippen LogP contribution >= 0.6 is 77.2 Å². The molecule has 10 rings (SSSR count). The highest BCUT2D eigenvalue weighted by Gasteiger charge is 2.51. The van der Waals surface area contributed by atoms with Crippen molar-refractivity contribution < 1.29 is 9.31 Å². The Balaban J connectivity index is 0.000000147. The summed E-state index contributed by atoms with van der Waals surface area (Å²) < 4.78 is 18.9. The number of aromatic nitrogens is 4. The van der Waals surface area contributed by atoms with Crippen molar-refractivity contribution in [2.75, 3.05) is 0 Å². The Hall–Kier alpha value is -3.40. The van der Waals surface area contributed by atoms with E-state index in [1.165, 1.54) is 48.3 Å². The zero-order valence-electron chi connectivity index (χ0n) is 39.3. The van der Waals surface area contributed by atoms with Crippen molar-refractivity contribution in [3.63, 3.8) is 0 Å². The summed E-state index contributed by atoms with van der Waals surface area (Å²) in [5.41, 5.74) is 21.6. The quantitative estimate of drug-likeness (QED) is 0.164. The normalized spacial score (nSPS) is 15.1. The minimum Gasteiger partial charge on any atom is -0.399 e. The molecule has 0 amide bonds. The maximum absolute atomic E-state index is 6.05. The minimum absolute atomic E-state index is 0.136. The molecule has 0 N–H and O–H groups in total. The molecule has 4 aromatic heterocycles. The van der Waals surface area contributed by atoms with Crippen LogP contribution < -0.4 is 5.46 Å². The molecule has 0 atom stereocenters. The van der Waals surface area contributed by atoms with E-state index in [2.05, 4.69) is 205 Å². The molecule has 0 radical (unpaired) electrons. The number of halogens is 2. The van der Waals surface area contributed by atoms with Crippen LogP contribution in [0.15, 0.2) is 104 Å². The van der Waals surface area contributed by atoms with Gasteiger partial charge < -0.3 is 9.31 Å². The molecular formula is C52H55BBr2N4O2S4. The number of nitrogens with zero attached hydrogens (tertiary/aromatic N) is 4. The van der Waals surface area contributed by atoms with Crippen LogP contribution in [-0.4, -0.2) is 38.3 Å². The predicted octanol–water partition coefficient (Wildman–Crippen LogP) is 16.5. The van der Waals surface area contributed by atoms with Crippen LogP contribution in [0.3, 0.4) is 0 Å². The fourth-order valence-corrected chi connectivity index (χ4v) is 12.7. The van der Waals surface area contributed by atoms with Crippen molar-refractivity contribution in [3.05, 3.63) is 120 Å². The maximum atomic E-state index is 6.05. The molecule has 0 bridgehead atoms. The number of hydrogen-bond donors (Lipinski definition) is 0. The van der Waals surface area contributed by atoms with Gasteiger partial charge in [0.25, 0.3) is 0 Å². The highest BCUT2D eigenvalue weighted by Crippen LogP contribution is 2.47. The van der Waals surface area contributed by atoms with Gasteiger partial charge in [0.2, 0.25) is 0 Å². The second kappa shape index (κ2) is 17.9. The van der Waals surface area contributed by atoms with Crippen LogP contribution in [0.1, 0.15) is 107 Å². The molecular weight excluding hydrogens is 1010 g/mol. The molecule has 0 unspecified atom stereocenters. The van der Waals surface area contributed by atoms with Gasteiger partial charge in [-0.05, 0) is 109 Å². The van der Waals surface area contributed by atoms with Crippen LogP contribution in [0.4, 0.5) is 0 Å². The summed E-state index contributed by atoms with van der Waals surface area (Å²) in [7, 11) is -0.265. The van der Waals surface area contributed by atoms with Gasteiger partial charge in [-0.25, -0.2) is 19.9 Å². The van der Waals surface area contributed by atoms with Crippen LogP contribution in [-0.2, 0) is 25.6 Å². The molecule has 5 heterocycles. The first-order chi connectivity index (χ1) is 30.5. The first kappa shape index (κ1) is 48.1. The van der Waals surface area contributed by atoms with Crippen molar-refractivity contribution >= 4 is 131 Å². The third-order valence-electron chi connectivity index (χ3n) is 12.4. The zero-order valence-corrected chi connectivity index (χ0v) is 45.7. The van der Waals surface area contributed by atoms with E-state index >= 15 is 0 Å². The van der Waals surface area contributed by atoms with Crippen LogP contribution in [0.5, 0.6) is 0 Å². The highest BCUT2D eigenvalue weighted by molar-refractivity contribution is 9.11. The van der Waals surface area contributed by atoms with E-state index in [0.29, 0.717) is 0 Å². The van der Waals surface area contributed by atoms with Gasteiger partial charge in [0.05, 0.1) is 83.1 Å². The standard InChI is InChI=1S/C28H28N2S2.C16H25BO2.C8H2Br2N2S2/c1-27(2,3)19-11-7-17(8-12-19)21-23-26(32-15-29-23)22(24-25(21)31-16-30-24)18-9-13-20(14-10-18)28(4,5)6;1-14(2,3)12-8-10-13(11-9-12)17-18-15(4,5)16(6,7)19-17;9-3-5-7(13-1-11-5)4(10)6-8(3)14-2-12-6/h7-16H,1-6H3;8-11H,1-7H3;1-2H. The second-order valence-corrected chi connectivity index (χ2v) is 25.6. The highest BCUT2D eigenvalue weighted by atomic mass is 79.9. The summed E-state index contributed by atoms with van der Waals surface area (Å²) in [6, 6.07) is 26.5. The van der Waals surface area contributed by atoms with E-state index in [-0.39, 0.29) is 34.6 Å². The van der Waals surface area contributed by atoms with E-state index < -0.39 is 0 Å². The molecule has 0 aliphatic carbocycles. The van der Waals surface area contributed by atoms with Crippen molar-refractivity contribution in [1.82, 2.24) is 19.9 Å². The van der Waals surface area contributed by atoms with Gasteiger partial charge in [0, 0.05) is 11.1 Å². The topological polar surface area (TPSA) is 70.0 Å². The molecule has 1 saturated heterocycles. The monoisotopic (exact) mass is 1060 g/mol. The molecule has 0 spiro atoms. The van der Waals surface area contributed by atoms with Gasteiger partial charge in [-0.2, -0.15) is 0 Å². The molecule has 1 aliphatic heterocycles. The third kappa shape index (κ3) is 9.55. The van der Waals surface area contributed by atoms with E-state index in [4.69, 9.17) is 19.3 Å². The summed E-state index contributed by atoms with van der Waals surface area (Å²) in [6.45, 7) is 28.5. The average Bonchev–Trinajstić information content (AvgIpc) is 4.10. The summed E-state index contributed by atoms with van der Waals surface area (Å²) in [4.78, 5) is 18.3. The molecule has 5 aromatic carbocycles. The van der Waals surface area contributed by atoms with Gasteiger partial charge >= 0.3 is 7.12 Å². The van der Waals surface area contributed by atoms with Gasteiger partial charge in [0.1, 0.15) is 0 Å². The number of benzene rings is 5. The molecule has 1 aliphatic rings. The lowest BCUT2D eigenvalue weighted by Crippen LogP contribution is -2.41. The third-order valence-corrected chi connectivity index (χ3v) is 17.8. The van der Waals surface area contributed by atoms with Gasteiger partial charge in [-0.1, -0.05) is 135 Å². The van der Waals surface area contributed by atoms with Crippen LogP contribution in [0, 0.1) is 0 Å². The molecule has 9 aromatic rings. The van der Waals surface area contributed by atoms with Crippen molar-refractivity contribution in [2.45, 2.75) is 117 Å². The Kier molecular flexibility index (Phi) is 13.3. The second-order valence-electron chi connectivity index (χ2n) is 20.6. The fourth-order valence-electron chi connectivity index (χ4n) is 7.68. The molecule has 0 saturated carbocycles. The molecule has 1 fully saturated rings. The number of rotatable bonds is 3. The summed E-state index contributed by atoms with van der Waals surface area (Å²) >= 11 is 13.8. The van der Waals surface area contributed by atoms with Gasteiger partial charge in [0.15, 0.2) is 0 Å². The lowest BCUT2D eigenvalue weighted by atomic mass is 9.77. The molecule has 6 nitrogen and oxygen atoms in total. The summed E-state index contributed by atoms with van der Waals surface area (Å²) in [6.07, 6.45) is 0. The first-order valence-corrected chi connectivity index (χ1v) is 26.8. The van der Waals surface area contributed by atoms with E-state index in [1.807, 2.05) is 22.0 Å². The van der Waals surface area contributed by atoms with Crippen molar-refractivity contribution in [2.24, 2.45) is 0 Å². The zero-order chi connectivity index (χ0) is 46.9. The maximum Gasteiger partial charge on any atom is 0.494 e. The molecule has 336 valence electrons. The van der Waals surface area contributed by atoms with Crippen molar-refractivity contribution in [3.8, 4) is 22.3 Å². The molecule has 65 heavy (non-hydrogen) atoms. The SMILES string of the molecule is Brc1c2ncsc2c(Br)c2ncsc12.CC(C)(C)c1ccc(-c2c3ncsc3c(-c3ccc(C(C)(C)C)cc3)c3ncsc23)cc1.CC(C)(C)c1ccc(B2OC(C)(C)C(C)(C)O2)cc1. The number of hydrogen-bond acceptors (Lipinski definition) is 10. The van der Waals surface area contributed by atoms with E-state index in [9.17, 15) is 0 Å². The Morgan fingerprint density at radius 3 is 1.05 bits per heavy atom. The fraction of sp³-hybridized carbons (Fsp3) is 0.346. The Morgan fingerprint density at radius 1 is 0.431 bits per heavy atom. The predicted molar refractivity (Wildman–Crippen MR) is 290 cm³/mol. The Morgan fingerprint density at radius 2 is 0.723 bits per heavy atom. The number of fused-ring (bicyclic) bond motifs is 4. The van der Waals surface area contributed by atoms with E-state index in [1.54, 1.807) is 45.3 Å². The first-order valence-electron chi connectivity index (χ1n) is 21.7. The van der Waals surface area contributed by atoms with Crippen LogP contribution in [0.2, 0.25) is 0 Å². The van der Waals surface area contributed by atoms with Crippen molar-refractivity contribution in [1.29, 1.82) is 0 Å². The van der Waals surface area contributed by atoms with E-state index in [0.717, 1.165) is 45.9 Å². The largest absolute Gasteiger partial charge is 0.494 e. The lowest BCUT2D eigenvalue weighted by molar-refractivity contribution is 0.00578. The Bertz CT molecular complexity index is 2850. The smallest absolute Gasteiger partial charge is 0.399 e. The minimum atomic E-state index is -0.277. The van der Waals surface area contributed by atoms with Crippen LogP contribution in [0.25, 0.3) is 63.1 Å². The lowest BCUT2D eigenvalue weighted by Gasteiger charge is -2.32. The summed E-state index contributed by atoms with van der Waals surface area (Å²) in [5, 5.41) is 0. The Labute approximate surface area is 416 Å². The van der Waals surface area contributed by atoms with Gasteiger partial charge in [-0.15, -0.1) is 45.3 Å². The molecule has 13 heteroatoms.